The van der Waals surface area contributed by atoms with Crippen LogP contribution in [0.2, 0.25) is 0 Å². The van der Waals surface area contributed by atoms with E-state index in [1.54, 1.807) is 19.3 Å². The second kappa shape index (κ2) is 7.31. The van der Waals surface area contributed by atoms with Crippen molar-refractivity contribution in [3.63, 3.8) is 0 Å². The Morgan fingerprint density at radius 2 is 1.76 bits per heavy atom. The maximum atomic E-state index is 12.4. The highest BCUT2D eigenvalue weighted by molar-refractivity contribution is 5.79. The number of anilines is 1. The van der Waals surface area contributed by atoms with E-state index in [-0.39, 0.29) is 11.7 Å². The molecule has 1 aliphatic heterocycles. The smallest absolute Gasteiger partial charge is 0.406 e. The number of carbonyl (C=O) groups excluding carboxylic acids is 1. The van der Waals surface area contributed by atoms with E-state index in [0.717, 1.165) is 24.5 Å². The number of rotatable bonds is 3. The highest BCUT2D eigenvalue weighted by atomic mass is 19.4. The topological polar surface area (TPSA) is 50.6 Å². The molecule has 29 heavy (non-hydrogen) atoms. The van der Waals surface area contributed by atoms with E-state index in [1.807, 2.05) is 33.7 Å². The van der Waals surface area contributed by atoms with Gasteiger partial charge in [-0.05, 0) is 30.3 Å². The second-order valence-electron chi connectivity index (χ2n) is 6.83. The van der Waals surface area contributed by atoms with Gasteiger partial charge in [-0.2, -0.15) is 0 Å². The number of piperazine rings is 1. The van der Waals surface area contributed by atoms with Crippen LogP contribution < -0.4 is 9.64 Å². The number of carbonyl (C=O) groups is 1. The maximum absolute atomic E-state index is 12.4. The van der Waals surface area contributed by atoms with Crippen molar-refractivity contribution in [2.24, 2.45) is 0 Å². The van der Waals surface area contributed by atoms with E-state index in [9.17, 15) is 18.0 Å². The van der Waals surface area contributed by atoms with E-state index in [2.05, 4.69) is 14.6 Å². The molecule has 0 saturated carbocycles. The summed E-state index contributed by atoms with van der Waals surface area (Å²) < 4.78 is 43.1. The minimum absolute atomic E-state index is 0.0807. The van der Waals surface area contributed by atoms with Gasteiger partial charge in [-0.1, -0.05) is 6.07 Å². The Morgan fingerprint density at radius 1 is 1.03 bits per heavy atom. The molecular formula is C20H19F3N4O2. The molecule has 0 bridgehead atoms. The lowest BCUT2D eigenvalue weighted by atomic mass is 10.2. The number of aromatic nitrogens is 2. The van der Waals surface area contributed by atoms with Gasteiger partial charge in [-0.15, -0.1) is 13.2 Å². The number of nitrogens with zero attached hydrogens (tertiary/aromatic N) is 4. The summed E-state index contributed by atoms with van der Waals surface area (Å²) in [6, 6.07) is 11.9. The molecule has 1 saturated heterocycles. The van der Waals surface area contributed by atoms with Gasteiger partial charge in [0, 0.05) is 50.5 Å². The molecule has 4 rings (SSSR count). The number of hydrogen-bond donors (Lipinski definition) is 0. The first-order valence-corrected chi connectivity index (χ1v) is 9.14. The molecule has 1 aromatic heterocycles. The summed E-state index contributed by atoms with van der Waals surface area (Å²) in [7, 11) is 0. The average molecular weight is 404 g/mol. The Labute approximate surface area is 165 Å². The molecule has 0 unspecified atom stereocenters. The number of fused-ring (bicyclic) bond motifs is 1. The zero-order valence-corrected chi connectivity index (χ0v) is 15.7. The SMILES string of the molecule is CC(=O)N1CCN(c2cccc(-n3cnc4cc(OC(F)(F)F)ccc43)c2)CC1. The Kier molecular flexibility index (Phi) is 4.81. The molecule has 2 aromatic carbocycles. The number of ether oxygens (including phenoxy) is 1. The highest BCUT2D eigenvalue weighted by Gasteiger charge is 2.31. The summed E-state index contributed by atoms with van der Waals surface area (Å²) in [5.41, 5.74) is 2.96. The van der Waals surface area contributed by atoms with Crippen LogP contribution in [0.4, 0.5) is 18.9 Å². The molecule has 1 fully saturated rings. The minimum Gasteiger partial charge on any atom is -0.406 e. The summed E-state index contributed by atoms with van der Waals surface area (Å²) in [5.74, 6) is -0.218. The minimum atomic E-state index is -4.74. The molecule has 0 aliphatic carbocycles. The van der Waals surface area contributed by atoms with Gasteiger partial charge in [0.25, 0.3) is 0 Å². The predicted molar refractivity (Wildman–Crippen MR) is 102 cm³/mol. The van der Waals surface area contributed by atoms with Crippen LogP contribution in [0, 0.1) is 0 Å². The number of hydrogen-bond acceptors (Lipinski definition) is 4. The van der Waals surface area contributed by atoms with Gasteiger partial charge in [0.2, 0.25) is 5.91 Å². The van der Waals surface area contributed by atoms with Crippen LogP contribution in [0.15, 0.2) is 48.8 Å². The zero-order valence-electron chi connectivity index (χ0n) is 15.7. The first-order chi connectivity index (χ1) is 13.8. The van der Waals surface area contributed by atoms with Crippen LogP contribution in [0.3, 0.4) is 0 Å². The molecule has 0 radical (unpaired) electrons. The van der Waals surface area contributed by atoms with Gasteiger partial charge in [0.05, 0.1) is 11.0 Å². The quantitative estimate of drug-likeness (QED) is 0.670. The normalized spacial score (nSPS) is 15.0. The van der Waals surface area contributed by atoms with Gasteiger partial charge in [0.1, 0.15) is 12.1 Å². The molecule has 6 nitrogen and oxygen atoms in total. The van der Waals surface area contributed by atoms with Crippen LogP contribution in [-0.2, 0) is 4.79 Å². The molecule has 9 heteroatoms. The fraction of sp³-hybridized carbons (Fsp3) is 0.300. The summed E-state index contributed by atoms with van der Waals surface area (Å²) in [6.45, 7) is 4.41. The number of amides is 1. The first kappa shape index (κ1) is 19.1. The third kappa shape index (κ3) is 4.13. The third-order valence-corrected chi connectivity index (χ3v) is 4.95. The van der Waals surface area contributed by atoms with Crippen molar-refractivity contribution >= 4 is 22.6 Å². The molecule has 1 amide bonds. The van der Waals surface area contributed by atoms with E-state index < -0.39 is 6.36 Å². The molecule has 1 aliphatic rings. The Hall–Kier alpha value is -3.23. The van der Waals surface area contributed by atoms with Gasteiger partial charge >= 0.3 is 6.36 Å². The molecule has 0 spiro atoms. The van der Waals surface area contributed by atoms with Crippen molar-refractivity contribution in [1.29, 1.82) is 0 Å². The molecule has 0 atom stereocenters. The number of benzene rings is 2. The van der Waals surface area contributed by atoms with Gasteiger partial charge in [-0.25, -0.2) is 4.98 Å². The lowest BCUT2D eigenvalue weighted by Gasteiger charge is -2.35. The van der Waals surface area contributed by atoms with Crippen LogP contribution in [0.1, 0.15) is 6.92 Å². The largest absolute Gasteiger partial charge is 0.573 e. The monoisotopic (exact) mass is 404 g/mol. The lowest BCUT2D eigenvalue weighted by molar-refractivity contribution is -0.274. The summed E-state index contributed by atoms with van der Waals surface area (Å²) in [5, 5.41) is 0. The van der Waals surface area contributed by atoms with Crippen molar-refractivity contribution in [2.75, 3.05) is 31.1 Å². The molecule has 2 heterocycles. The highest BCUT2D eigenvalue weighted by Crippen LogP contribution is 2.28. The lowest BCUT2D eigenvalue weighted by Crippen LogP contribution is -2.48. The first-order valence-electron chi connectivity index (χ1n) is 9.14. The summed E-state index contributed by atoms with van der Waals surface area (Å²) in [6.07, 6.45) is -3.16. The Bertz CT molecular complexity index is 1040. The second-order valence-corrected chi connectivity index (χ2v) is 6.83. The molecule has 0 N–H and O–H groups in total. The summed E-state index contributed by atoms with van der Waals surface area (Å²) >= 11 is 0. The zero-order chi connectivity index (χ0) is 20.6. The van der Waals surface area contributed by atoms with Crippen molar-refractivity contribution < 1.29 is 22.7 Å². The van der Waals surface area contributed by atoms with Crippen molar-refractivity contribution in [3.05, 3.63) is 48.8 Å². The van der Waals surface area contributed by atoms with E-state index in [4.69, 9.17) is 0 Å². The van der Waals surface area contributed by atoms with Crippen LogP contribution in [-0.4, -0.2) is 52.9 Å². The van der Waals surface area contributed by atoms with E-state index in [0.29, 0.717) is 24.1 Å². The molecule has 152 valence electrons. The Morgan fingerprint density at radius 3 is 2.45 bits per heavy atom. The van der Waals surface area contributed by atoms with Crippen molar-refractivity contribution in [2.45, 2.75) is 13.3 Å². The number of halogens is 3. The van der Waals surface area contributed by atoms with Gasteiger partial charge < -0.3 is 14.5 Å². The fourth-order valence-electron chi connectivity index (χ4n) is 3.51. The van der Waals surface area contributed by atoms with E-state index >= 15 is 0 Å². The molecule has 3 aromatic rings. The standard InChI is InChI=1S/C20H19F3N4O2/c1-14(28)25-7-9-26(10-8-25)15-3-2-4-16(11-15)27-13-24-18-12-17(5-6-19(18)27)29-20(21,22)23/h2-6,11-13H,7-10H2,1H3. The van der Waals surface area contributed by atoms with E-state index in [1.165, 1.54) is 12.1 Å². The van der Waals surface area contributed by atoms with Crippen LogP contribution in [0.25, 0.3) is 16.7 Å². The van der Waals surface area contributed by atoms with Crippen LogP contribution >= 0.6 is 0 Å². The van der Waals surface area contributed by atoms with Gasteiger partial charge in [0.15, 0.2) is 0 Å². The Balaban J connectivity index is 1.58. The number of imidazole rings is 1. The summed E-state index contributed by atoms with van der Waals surface area (Å²) in [4.78, 5) is 19.7. The molecular weight excluding hydrogens is 385 g/mol. The van der Waals surface area contributed by atoms with Crippen molar-refractivity contribution in [1.82, 2.24) is 14.5 Å². The predicted octanol–water partition coefficient (Wildman–Crippen LogP) is 3.59. The van der Waals surface area contributed by atoms with Gasteiger partial charge in [-0.3, -0.25) is 9.36 Å². The van der Waals surface area contributed by atoms with Crippen molar-refractivity contribution in [3.8, 4) is 11.4 Å². The number of alkyl halides is 3. The maximum Gasteiger partial charge on any atom is 0.573 e. The fourth-order valence-corrected chi connectivity index (χ4v) is 3.51. The van der Waals surface area contributed by atoms with Crippen LogP contribution in [0.5, 0.6) is 5.75 Å². The third-order valence-electron chi connectivity index (χ3n) is 4.95. The average Bonchev–Trinajstić information content (AvgIpc) is 3.10.